The molecule has 0 unspecified atom stereocenters. The lowest BCUT2D eigenvalue weighted by Crippen LogP contribution is -2.33. The summed E-state index contributed by atoms with van der Waals surface area (Å²) in [7, 11) is 0. The molecule has 1 N–H and O–H groups in total. The number of nitriles is 1. The number of nitro groups is 1. The smallest absolute Gasteiger partial charge is 0.288 e. The highest BCUT2D eigenvalue weighted by Gasteiger charge is 2.21. The Morgan fingerprint density at radius 2 is 2.00 bits per heavy atom. The number of hydrogen-bond donors (Lipinski definition) is 1. The average molecular weight is 420 g/mol. The molecule has 0 saturated heterocycles. The van der Waals surface area contributed by atoms with Gasteiger partial charge in [-0.25, -0.2) is 0 Å². The average Bonchev–Trinajstić information content (AvgIpc) is 3.31. The van der Waals surface area contributed by atoms with E-state index >= 15 is 0 Å². The molecule has 3 rings (SSSR count). The van der Waals surface area contributed by atoms with Gasteiger partial charge in [-0.05, 0) is 31.0 Å². The van der Waals surface area contributed by atoms with Crippen LogP contribution < -0.4 is 5.32 Å². The Kier molecular flexibility index (Phi) is 6.02. The zero-order valence-corrected chi connectivity index (χ0v) is 16.1. The number of furan rings is 1. The number of rotatable bonds is 5. The highest BCUT2D eigenvalue weighted by atomic mass is 35.5. The van der Waals surface area contributed by atoms with Crippen LogP contribution in [0.25, 0.3) is 17.4 Å². The number of nitro benzene ring substituents is 1. The number of nitrogens with zero attached hydrogens (tertiary/aromatic N) is 2. The Labute approximate surface area is 170 Å². The second kappa shape index (κ2) is 8.46. The number of nitrogens with one attached hydrogen (secondary N) is 1. The Hall–Kier alpha value is -2.82. The van der Waals surface area contributed by atoms with E-state index in [9.17, 15) is 20.2 Å². The first-order valence-electron chi connectivity index (χ1n) is 8.55. The van der Waals surface area contributed by atoms with Crippen molar-refractivity contribution in [3.63, 3.8) is 0 Å². The van der Waals surface area contributed by atoms with Gasteiger partial charge in [-0.1, -0.05) is 36.0 Å². The predicted molar refractivity (Wildman–Crippen MR) is 105 cm³/mol. The van der Waals surface area contributed by atoms with E-state index in [1.807, 2.05) is 6.07 Å². The molecule has 1 aromatic heterocycles. The second-order valence-corrected chi connectivity index (χ2v) is 7.18. The molecule has 1 amide bonds. The third-order valence-corrected chi connectivity index (χ3v) is 5.08. The first kappa shape index (κ1) is 19.9. The normalized spacial score (nSPS) is 14.7. The van der Waals surface area contributed by atoms with Crippen LogP contribution in [-0.4, -0.2) is 16.9 Å². The van der Waals surface area contributed by atoms with Crippen molar-refractivity contribution in [3.05, 3.63) is 55.8 Å². The van der Waals surface area contributed by atoms with E-state index < -0.39 is 10.8 Å². The van der Waals surface area contributed by atoms with Crippen molar-refractivity contribution in [3.8, 4) is 17.4 Å². The van der Waals surface area contributed by atoms with Crippen LogP contribution in [0.2, 0.25) is 10.0 Å². The molecule has 1 aliphatic rings. The van der Waals surface area contributed by atoms with Crippen molar-refractivity contribution in [2.24, 2.45) is 0 Å². The maximum Gasteiger partial charge on any atom is 0.288 e. The molecule has 7 nitrogen and oxygen atoms in total. The van der Waals surface area contributed by atoms with Gasteiger partial charge in [0.25, 0.3) is 11.6 Å². The first-order valence-corrected chi connectivity index (χ1v) is 9.31. The number of carbonyl (C=O) groups excluding carboxylic acids is 1. The van der Waals surface area contributed by atoms with Crippen LogP contribution in [0, 0.1) is 21.4 Å². The molecular weight excluding hydrogens is 405 g/mol. The first-order chi connectivity index (χ1) is 13.4. The molecule has 28 heavy (non-hydrogen) atoms. The lowest BCUT2D eigenvalue weighted by atomic mass is 10.1. The van der Waals surface area contributed by atoms with Crippen molar-refractivity contribution in [2.75, 3.05) is 0 Å². The van der Waals surface area contributed by atoms with Gasteiger partial charge in [-0.3, -0.25) is 14.9 Å². The summed E-state index contributed by atoms with van der Waals surface area (Å²) in [5.41, 5.74) is -0.101. The van der Waals surface area contributed by atoms with Crippen LogP contribution >= 0.6 is 23.2 Å². The van der Waals surface area contributed by atoms with E-state index in [0.717, 1.165) is 25.7 Å². The fourth-order valence-corrected chi connectivity index (χ4v) is 3.61. The van der Waals surface area contributed by atoms with Gasteiger partial charge in [0, 0.05) is 23.7 Å². The molecule has 0 atom stereocenters. The molecule has 1 saturated carbocycles. The third kappa shape index (κ3) is 4.35. The maximum atomic E-state index is 12.3. The molecule has 1 aromatic carbocycles. The molecule has 2 aromatic rings. The number of benzene rings is 1. The van der Waals surface area contributed by atoms with Gasteiger partial charge in [-0.15, -0.1) is 0 Å². The topological polar surface area (TPSA) is 109 Å². The lowest BCUT2D eigenvalue weighted by Gasteiger charge is -2.10. The summed E-state index contributed by atoms with van der Waals surface area (Å²) in [6.45, 7) is 0. The predicted octanol–water partition coefficient (Wildman–Crippen LogP) is 5.13. The molecular formula is C19H15Cl2N3O4. The van der Waals surface area contributed by atoms with Crippen molar-refractivity contribution in [1.82, 2.24) is 5.32 Å². The minimum atomic E-state index is -0.618. The highest BCUT2D eigenvalue weighted by molar-refractivity contribution is 6.37. The van der Waals surface area contributed by atoms with Gasteiger partial charge in [0.1, 0.15) is 28.2 Å². The molecule has 0 spiro atoms. The van der Waals surface area contributed by atoms with Gasteiger partial charge in [0.15, 0.2) is 0 Å². The van der Waals surface area contributed by atoms with E-state index in [1.54, 1.807) is 12.1 Å². The summed E-state index contributed by atoms with van der Waals surface area (Å²) < 4.78 is 5.62. The van der Waals surface area contributed by atoms with Crippen LogP contribution in [0.5, 0.6) is 0 Å². The van der Waals surface area contributed by atoms with Gasteiger partial charge in [-0.2, -0.15) is 5.26 Å². The van der Waals surface area contributed by atoms with Crippen LogP contribution in [0.4, 0.5) is 5.69 Å². The van der Waals surface area contributed by atoms with E-state index in [2.05, 4.69) is 5.32 Å². The van der Waals surface area contributed by atoms with Gasteiger partial charge >= 0.3 is 0 Å². The number of halogens is 2. The number of carbonyl (C=O) groups is 1. The molecule has 9 heteroatoms. The number of amides is 1. The maximum absolute atomic E-state index is 12.3. The van der Waals surface area contributed by atoms with E-state index in [0.29, 0.717) is 0 Å². The zero-order valence-electron chi connectivity index (χ0n) is 14.6. The molecule has 1 heterocycles. The van der Waals surface area contributed by atoms with E-state index in [1.165, 1.54) is 18.2 Å². The van der Waals surface area contributed by atoms with Crippen LogP contribution in [0.15, 0.2) is 34.3 Å². The van der Waals surface area contributed by atoms with E-state index in [-0.39, 0.29) is 44.4 Å². The Bertz CT molecular complexity index is 1000. The summed E-state index contributed by atoms with van der Waals surface area (Å²) in [5, 5.41) is 23.3. The van der Waals surface area contributed by atoms with Gasteiger partial charge in [0.2, 0.25) is 0 Å². The summed E-state index contributed by atoms with van der Waals surface area (Å²) in [6.07, 6.45) is 5.26. The monoisotopic (exact) mass is 419 g/mol. The standard InChI is InChI=1S/C19H15Cl2N3O4/c20-15-9-16(21)17(24(26)27)8-14(15)18-6-5-13(28-18)7-11(10-22)19(25)23-12-3-1-2-4-12/h5-9,12H,1-4H2,(H,23,25)/b11-7-. The summed E-state index contributed by atoms with van der Waals surface area (Å²) in [4.78, 5) is 22.7. The van der Waals surface area contributed by atoms with Crippen LogP contribution in [0.1, 0.15) is 31.4 Å². The SMILES string of the molecule is N#C/C(=C/c1ccc(-c2cc([N+](=O)[O-])c(Cl)cc2Cl)o1)C(=O)NC1CCCC1. The van der Waals surface area contributed by atoms with Crippen molar-refractivity contribution in [1.29, 1.82) is 5.26 Å². The Morgan fingerprint density at radius 1 is 1.29 bits per heavy atom. The molecule has 1 fully saturated rings. The second-order valence-electron chi connectivity index (χ2n) is 6.37. The molecule has 0 aliphatic heterocycles. The summed E-state index contributed by atoms with van der Waals surface area (Å²) in [6, 6.07) is 7.54. The van der Waals surface area contributed by atoms with Crippen molar-refractivity contribution < 1.29 is 14.1 Å². The quantitative estimate of drug-likeness (QED) is 0.312. The Balaban J connectivity index is 1.86. The van der Waals surface area contributed by atoms with Crippen molar-refractivity contribution in [2.45, 2.75) is 31.7 Å². The Morgan fingerprint density at radius 3 is 2.64 bits per heavy atom. The fourth-order valence-electron chi connectivity index (χ4n) is 3.07. The molecule has 0 bridgehead atoms. The van der Waals surface area contributed by atoms with Crippen LogP contribution in [-0.2, 0) is 4.79 Å². The largest absolute Gasteiger partial charge is 0.457 e. The van der Waals surface area contributed by atoms with Gasteiger partial charge in [0.05, 0.1) is 9.95 Å². The van der Waals surface area contributed by atoms with Gasteiger partial charge < -0.3 is 9.73 Å². The highest BCUT2D eigenvalue weighted by Crippen LogP contribution is 2.37. The molecule has 144 valence electrons. The van der Waals surface area contributed by atoms with Crippen molar-refractivity contribution >= 4 is 40.9 Å². The summed E-state index contributed by atoms with van der Waals surface area (Å²) >= 11 is 12.0. The van der Waals surface area contributed by atoms with Crippen LogP contribution in [0.3, 0.4) is 0 Å². The minimum absolute atomic E-state index is 0.0824. The third-order valence-electron chi connectivity index (χ3n) is 4.47. The summed E-state index contributed by atoms with van der Waals surface area (Å²) in [5.74, 6) is 0.0545. The zero-order chi connectivity index (χ0) is 20.3. The minimum Gasteiger partial charge on any atom is -0.457 e. The lowest BCUT2D eigenvalue weighted by molar-refractivity contribution is -0.384. The number of hydrogen-bond acceptors (Lipinski definition) is 5. The van der Waals surface area contributed by atoms with E-state index in [4.69, 9.17) is 27.6 Å². The fraction of sp³-hybridized carbons (Fsp3) is 0.263. The molecule has 0 radical (unpaired) electrons. The molecule has 1 aliphatic carbocycles.